The van der Waals surface area contributed by atoms with Gasteiger partial charge < -0.3 is 19.2 Å². The van der Waals surface area contributed by atoms with Gasteiger partial charge in [0.05, 0.1) is 12.9 Å². The van der Waals surface area contributed by atoms with Gasteiger partial charge in [0.1, 0.15) is 11.6 Å². The number of amides is 1. The number of methoxy groups -OCH3 is 1. The van der Waals surface area contributed by atoms with E-state index < -0.39 is 5.91 Å². The van der Waals surface area contributed by atoms with E-state index >= 15 is 0 Å². The highest BCUT2D eigenvalue weighted by Crippen LogP contribution is 2.19. The Hall–Kier alpha value is -3.63. The van der Waals surface area contributed by atoms with E-state index in [4.69, 9.17) is 4.74 Å². The van der Waals surface area contributed by atoms with E-state index in [2.05, 4.69) is 14.9 Å². The molecule has 3 aromatic rings. The summed E-state index contributed by atoms with van der Waals surface area (Å²) in [6.45, 7) is 6.00. The Morgan fingerprint density at radius 2 is 2.07 bits per heavy atom. The number of anilines is 1. The van der Waals surface area contributed by atoms with Crippen LogP contribution in [-0.4, -0.2) is 33.7 Å². The van der Waals surface area contributed by atoms with E-state index in [9.17, 15) is 10.1 Å². The van der Waals surface area contributed by atoms with Crippen LogP contribution in [0.4, 0.5) is 5.69 Å². The minimum absolute atomic E-state index is 0.0597. The molecule has 0 radical (unpaired) electrons. The minimum atomic E-state index is -0.429. The summed E-state index contributed by atoms with van der Waals surface area (Å²) in [5, 5.41) is 12.3. The van der Waals surface area contributed by atoms with Crippen LogP contribution in [0.3, 0.4) is 0 Å². The Morgan fingerprint density at radius 3 is 2.70 bits per heavy atom. The van der Waals surface area contributed by atoms with Crippen molar-refractivity contribution in [1.29, 1.82) is 5.26 Å². The molecule has 7 heteroatoms. The van der Waals surface area contributed by atoms with Gasteiger partial charge in [0.2, 0.25) is 0 Å². The maximum atomic E-state index is 12.6. The van der Waals surface area contributed by atoms with Crippen molar-refractivity contribution in [3.63, 3.8) is 0 Å². The van der Waals surface area contributed by atoms with Crippen LogP contribution in [0.2, 0.25) is 0 Å². The third-order valence-corrected chi connectivity index (χ3v) is 4.93. The van der Waals surface area contributed by atoms with E-state index in [1.807, 2.05) is 61.0 Å². The standard InChI is InChI=1S/C23H25N5O2/c1-17-12-20(18(2)28(17)10-11-30-3)13-21(14-24)23(29)26-22-6-4-19(5-7-22)15-27-9-8-25-16-27/h4-9,12-13,16H,10-11,15H2,1-3H3,(H,26,29)/b21-13-. The van der Waals surface area contributed by atoms with Crippen molar-refractivity contribution in [3.05, 3.63) is 77.1 Å². The van der Waals surface area contributed by atoms with Crippen molar-refractivity contribution in [2.45, 2.75) is 26.9 Å². The van der Waals surface area contributed by atoms with Crippen LogP contribution in [0.1, 0.15) is 22.5 Å². The highest BCUT2D eigenvalue weighted by atomic mass is 16.5. The summed E-state index contributed by atoms with van der Waals surface area (Å²) in [4.78, 5) is 16.7. The van der Waals surface area contributed by atoms with Crippen molar-refractivity contribution in [1.82, 2.24) is 14.1 Å². The largest absolute Gasteiger partial charge is 0.383 e. The fourth-order valence-corrected chi connectivity index (χ4v) is 3.29. The number of ether oxygens (including phenoxy) is 1. The molecule has 0 fully saturated rings. The quantitative estimate of drug-likeness (QED) is 0.460. The van der Waals surface area contributed by atoms with Crippen molar-refractivity contribution < 1.29 is 9.53 Å². The molecule has 0 atom stereocenters. The molecule has 0 spiro atoms. The van der Waals surface area contributed by atoms with Gasteiger partial charge in [-0.25, -0.2) is 4.98 Å². The second kappa shape index (κ2) is 9.72. The zero-order valence-electron chi connectivity index (χ0n) is 17.4. The number of benzene rings is 1. The highest BCUT2D eigenvalue weighted by Gasteiger charge is 2.13. The summed E-state index contributed by atoms with van der Waals surface area (Å²) in [5.74, 6) is -0.429. The minimum Gasteiger partial charge on any atom is -0.383 e. The van der Waals surface area contributed by atoms with Gasteiger partial charge in [-0.3, -0.25) is 4.79 Å². The number of imidazole rings is 1. The number of carbonyl (C=O) groups is 1. The molecule has 7 nitrogen and oxygen atoms in total. The second-order valence-corrected chi connectivity index (χ2v) is 7.03. The smallest absolute Gasteiger partial charge is 0.266 e. The maximum absolute atomic E-state index is 12.6. The lowest BCUT2D eigenvalue weighted by Gasteiger charge is -2.08. The van der Waals surface area contributed by atoms with E-state index in [1.165, 1.54) is 0 Å². The van der Waals surface area contributed by atoms with Crippen LogP contribution in [0.15, 0.2) is 54.6 Å². The number of aromatic nitrogens is 3. The first kappa shape index (κ1) is 21.1. The molecule has 0 bridgehead atoms. The Kier molecular flexibility index (Phi) is 6.83. The van der Waals surface area contributed by atoms with Crippen LogP contribution in [0.25, 0.3) is 6.08 Å². The SMILES string of the molecule is COCCn1c(C)cc(/C=C(/C#N)C(=O)Nc2ccc(Cn3ccnc3)cc2)c1C. The lowest BCUT2D eigenvalue weighted by Crippen LogP contribution is -2.13. The summed E-state index contributed by atoms with van der Waals surface area (Å²) in [7, 11) is 1.66. The van der Waals surface area contributed by atoms with Gasteiger partial charge in [0, 0.05) is 49.7 Å². The third kappa shape index (κ3) is 5.04. The van der Waals surface area contributed by atoms with Gasteiger partial charge in [0.25, 0.3) is 5.91 Å². The average molecular weight is 403 g/mol. The van der Waals surface area contributed by atoms with Gasteiger partial charge in [-0.15, -0.1) is 0 Å². The van der Waals surface area contributed by atoms with Crippen molar-refractivity contribution in [2.24, 2.45) is 0 Å². The number of aryl methyl sites for hydroxylation is 1. The third-order valence-electron chi connectivity index (χ3n) is 4.93. The normalized spacial score (nSPS) is 11.3. The van der Waals surface area contributed by atoms with Crippen LogP contribution in [-0.2, 0) is 22.6 Å². The highest BCUT2D eigenvalue weighted by molar-refractivity contribution is 6.09. The van der Waals surface area contributed by atoms with Crippen molar-refractivity contribution in [3.8, 4) is 6.07 Å². The number of hydrogen-bond acceptors (Lipinski definition) is 4. The van der Waals surface area contributed by atoms with Crippen LogP contribution >= 0.6 is 0 Å². The summed E-state index contributed by atoms with van der Waals surface area (Å²) >= 11 is 0. The van der Waals surface area contributed by atoms with Crippen LogP contribution in [0, 0.1) is 25.2 Å². The summed E-state index contributed by atoms with van der Waals surface area (Å²) in [6, 6.07) is 11.5. The number of carbonyl (C=O) groups excluding carboxylic acids is 1. The maximum Gasteiger partial charge on any atom is 0.266 e. The first-order valence-electron chi connectivity index (χ1n) is 9.65. The Bertz CT molecular complexity index is 1070. The zero-order chi connectivity index (χ0) is 21.5. The molecule has 0 saturated carbocycles. The topological polar surface area (TPSA) is 84.9 Å². The fourth-order valence-electron chi connectivity index (χ4n) is 3.29. The fraction of sp³-hybridized carbons (Fsp3) is 0.261. The Balaban J connectivity index is 1.71. The molecule has 0 aliphatic rings. The second-order valence-electron chi connectivity index (χ2n) is 7.03. The van der Waals surface area contributed by atoms with Crippen LogP contribution in [0.5, 0.6) is 0 Å². The van der Waals surface area contributed by atoms with E-state index in [0.29, 0.717) is 18.8 Å². The lowest BCUT2D eigenvalue weighted by molar-refractivity contribution is -0.112. The summed E-state index contributed by atoms with van der Waals surface area (Å²) < 4.78 is 9.23. The van der Waals surface area contributed by atoms with Crippen LogP contribution < -0.4 is 5.32 Å². The Morgan fingerprint density at radius 1 is 1.30 bits per heavy atom. The molecule has 1 N–H and O–H groups in total. The molecule has 1 amide bonds. The molecule has 2 aromatic heterocycles. The molecule has 154 valence electrons. The predicted octanol–water partition coefficient (Wildman–Crippen LogP) is 3.54. The summed E-state index contributed by atoms with van der Waals surface area (Å²) in [6.07, 6.45) is 7.02. The molecular formula is C23H25N5O2. The van der Waals surface area contributed by atoms with Gasteiger partial charge in [-0.1, -0.05) is 12.1 Å². The van der Waals surface area contributed by atoms with Gasteiger partial charge in [-0.2, -0.15) is 5.26 Å². The van der Waals surface area contributed by atoms with E-state index in [1.54, 1.807) is 25.7 Å². The molecule has 0 aliphatic carbocycles. The van der Waals surface area contributed by atoms with E-state index in [-0.39, 0.29) is 5.57 Å². The summed E-state index contributed by atoms with van der Waals surface area (Å²) in [5.41, 5.74) is 4.69. The number of rotatable bonds is 8. The molecule has 0 saturated heterocycles. The Labute approximate surface area is 176 Å². The van der Waals surface area contributed by atoms with Gasteiger partial charge >= 0.3 is 0 Å². The molecular weight excluding hydrogens is 378 g/mol. The lowest BCUT2D eigenvalue weighted by atomic mass is 10.1. The van der Waals surface area contributed by atoms with Crippen molar-refractivity contribution in [2.75, 3.05) is 19.0 Å². The van der Waals surface area contributed by atoms with Crippen molar-refractivity contribution >= 4 is 17.7 Å². The molecule has 1 aromatic carbocycles. The van der Waals surface area contributed by atoms with Gasteiger partial charge in [0.15, 0.2) is 0 Å². The zero-order valence-corrected chi connectivity index (χ0v) is 17.4. The number of hydrogen-bond donors (Lipinski definition) is 1. The number of nitrogens with zero attached hydrogens (tertiary/aromatic N) is 4. The average Bonchev–Trinajstić information content (AvgIpc) is 3.34. The molecule has 3 rings (SSSR count). The first-order chi connectivity index (χ1) is 14.5. The number of nitriles is 1. The number of nitrogens with one attached hydrogen (secondary N) is 1. The first-order valence-corrected chi connectivity index (χ1v) is 9.65. The predicted molar refractivity (Wildman–Crippen MR) is 116 cm³/mol. The molecule has 0 aliphatic heterocycles. The molecule has 2 heterocycles. The van der Waals surface area contributed by atoms with E-state index in [0.717, 1.165) is 29.1 Å². The van der Waals surface area contributed by atoms with Gasteiger partial charge in [-0.05, 0) is 49.2 Å². The monoisotopic (exact) mass is 403 g/mol. The molecule has 0 unspecified atom stereocenters. The molecule has 30 heavy (non-hydrogen) atoms.